The molecule has 1 fully saturated rings. The smallest absolute Gasteiger partial charge is 0.336 e. The number of fused-ring (bicyclic) bond motifs is 1. The highest BCUT2D eigenvalue weighted by atomic mass is 16.4. The fourth-order valence-corrected chi connectivity index (χ4v) is 3.40. The van der Waals surface area contributed by atoms with Crippen LogP contribution in [-0.2, 0) is 13.0 Å². The molecular weight excluding hydrogens is 262 g/mol. The van der Waals surface area contributed by atoms with Crippen LogP contribution in [0.15, 0.2) is 33.5 Å². The molecule has 1 aliphatic rings. The van der Waals surface area contributed by atoms with E-state index in [1.165, 1.54) is 31.4 Å². The van der Waals surface area contributed by atoms with Crippen molar-refractivity contribution in [3.63, 3.8) is 0 Å². The first-order chi connectivity index (χ1) is 10.2. The molecule has 2 atom stereocenters. The molecule has 0 radical (unpaired) electrons. The lowest BCUT2D eigenvalue weighted by Crippen LogP contribution is -3.14. The van der Waals surface area contributed by atoms with Crippen LogP contribution in [0.4, 0.5) is 0 Å². The van der Waals surface area contributed by atoms with Crippen molar-refractivity contribution in [2.24, 2.45) is 0 Å². The number of rotatable bonds is 3. The van der Waals surface area contributed by atoms with Crippen molar-refractivity contribution < 1.29 is 9.32 Å². The first kappa shape index (κ1) is 14.3. The van der Waals surface area contributed by atoms with Crippen molar-refractivity contribution >= 4 is 11.0 Å². The number of hydrogen-bond donors (Lipinski definition) is 1. The molecule has 1 aliphatic heterocycles. The lowest BCUT2D eigenvalue weighted by molar-refractivity contribution is -0.941. The third-order valence-electron chi connectivity index (χ3n) is 4.80. The van der Waals surface area contributed by atoms with Crippen LogP contribution in [0.5, 0.6) is 0 Å². The monoisotopic (exact) mass is 286 g/mol. The molecule has 21 heavy (non-hydrogen) atoms. The Bertz CT molecular complexity index is 689. The Balaban J connectivity index is 2.01. The van der Waals surface area contributed by atoms with Gasteiger partial charge < -0.3 is 9.32 Å². The number of benzene rings is 1. The van der Waals surface area contributed by atoms with E-state index in [2.05, 4.69) is 19.9 Å². The minimum atomic E-state index is -0.231. The maximum absolute atomic E-state index is 11.8. The fraction of sp³-hybridized carbons (Fsp3) is 0.500. The molecule has 1 aromatic carbocycles. The lowest BCUT2D eigenvalue weighted by Gasteiger charge is -2.30. The minimum Gasteiger partial charge on any atom is -0.423 e. The minimum absolute atomic E-state index is 0.231. The number of piperidine rings is 1. The van der Waals surface area contributed by atoms with Crippen LogP contribution in [0.1, 0.15) is 44.2 Å². The summed E-state index contributed by atoms with van der Waals surface area (Å²) < 4.78 is 5.35. The molecule has 112 valence electrons. The highest BCUT2D eigenvalue weighted by Gasteiger charge is 2.23. The molecule has 0 saturated carbocycles. The van der Waals surface area contributed by atoms with Crippen LogP contribution in [0.3, 0.4) is 0 Å². The Morgan fingerprint density at radius 1 is 1.29 bits per heavy atom. The Hall–Kier alpha value is -1.61. The average Bonchev–Trinajstić information content (AvgIpc) is 2.49. The second-order valence-corrected chi connectivity index (χ2v) is 6.26. The van der Waals surface area contributed by atoms with Gasteiger partial charge in [-0.2, -0.15) is 0 Å². The van der Waals surface area contributed by atoms with E-state index in [1.54, 1.807) is 11.0 Å². The molecule has 1 unspecified atom stereocenters. The third kappa shape index (κ3) is 3.03. The van der Waals surface area contributed by atoms with E-state index >= 15 is 0 Å². The van der Waals surface area contributed by atoms with Crippen molar-refractivity contribution in [2.45, 2.75) is 52.1 Å². The van der Waals surface area contributed by atoms with Gasteiger partial charge in [0.2, 0.25) is 0 Å². The van der Waals surface area contributed by atoms with Crippen molar-refractivity contribution in [3.05, 3.63) is 45.8 Å². The van der Waals surface area contributed by atoms with E-state index in [1.807, 2.05) is 12.1 Å². The van der Waals surface area contributed by atoms with Gasteiger partial charge in [0.25, 0.3) is 0 Å². The number of likely N-dealkylation sites (tertiary alicyclic amines) is 1. The van der Waals surface area contributed by atoms with Crippen molar-refractivity contribution in [1.82, 2.24) is 0 Å². The Kier molecular flexibility index (Phi) is 4.11. The summed E-state index contributed by atoms with van der Waals surface area (Å²) in [4.78, 5) is 13.4. The molecule has 3 nitrogen and oxygen atoms in total. The van der Waals surface area contributed by atoms with Crippen LogP contribution >= 0.6 is 0 Å². The van der Waals surface area contributed by atoms with Gasteiger partial charge in [-0.25, -0.2) is 4.79 Å². The Morgan fingerprint density at radius 3 is 2.90 bits per heavy atom. The van der Waals surface area contributed by atoms with Gasteiger partial charge in [0, 0.05) is 17.0 Å². The summed E-state index contributed by atoms with van der Waals surface area (Å²) in [5.74, 6) is 0. The van der Waals surface area contributed by atoms with E-state index in [-0.39, 0.29) is 5.63 Å². The summed E-state index contributed by atoms with van der Waals surface area (Å²) in [6, 6.07) is 8.53. The van der Waals surface area contributed by atoms with Crippen molar-refractivity contribution in [1.29, 1.82) is 0 Å². The molecule has 3 rings (SSSR count). The lowest BCUT2D eigenvalue weighted by atomic mass is 10.0. The summed E-state index contributed by atoms with van der Waals surface area (Å²) >= 11 is 0. The van der Waals surface area contributed by atoms with E-state index in [0.717, 1.165) is 29.5 Å². The number of hydrogen-bond acceptors (Lipinski definition) is 2. The standard InChI is InChI=1S/C18H23NO2/c1-3-14-7-8-17-16(10-14)15(11-18(20)21-17)12-19-9-5-4-6-13(19)2/h7-8,10-11,13H,3-6,9,12H2,1-2H3/p+1/t13-/m0/s1. The van der Waals surface area contributed by atoms with E-state index in [4.69, 9.17) is 4.42 Å². The second kappa shape index (κ2) is 6.02. The van der Waals surface area contributed by atoms with Crippen LogP contribution in [0.25, 0.3) is 11.0 Å². The quantitative estimate of drug-likeness (QED) is 0.879. The topological polar surface area (TPSA) is 34.6 Å². The zero-order chi connectivity index (χ0) is 14.8. The molecule has 0 amide bonds. The van der Waals surface area contributed by atoms with Gasteiger partial charge in [-0.3, -0.25) is 0 Å². The molecule has 3 heteroatoms. The van der Waals surface area contributed by atoms with Gasteiger partial charge in [0.05, 0.1) is 12.6 Å². The van der Waals surface area contributed by atoms with Gasteiger partial charge in [-0.1, -0.05) is 13.0 Å². The van der Waals surface area contributed by atoms with Gasteiger partial charge >= 0.3 is 5.63 Å². The first-order valence-electron chi connectivity index (χ1n) is 8.07. The maximum Gasteiger partial charge on any atom is 0.336 e. The average molecular weight is 286 g/mol. The number of aryl methyl sites for hydroxylation is 1. The van der Waals surface area contributed by atoms with Gasteiger partial charge in [0.15, 0.2) is 0 Å². The predicted octanol–water partition coefficient (Wildman–Crippen LogP) is 2.31. The van der Waals surface area contributed by atoms with E-state index in [9.17, 15) is 4.79 Å². The summed E-state index contributed by atoms with van der Waals surface area (Å²) in [6.07, 6.45) is 4.91. The first-order valence-corrected chi connectivity index (χ1v) is 8.07. The second-order valence-electron chi connectivity index (χ2n) is 6.26. The number of quaternary nitrogens is 1. The van der Waals surface area contributed by atoms with Gasteiger partial charge in [0.1, 0.15) is 12.1 Å². The molecule has 0 aliphatic carbocycles. The molecule has 1 saturated heterocycles. The van der Waals surface area contributed by atoms with Crippen LogP contribution in [0.2, 0.25) is 0 Å². The zero-order valence-corrected chi connectivity index (χ0v) is 12.9. The third-order valence-corrected chi connectivity index (χ3v) is 4.80. The van der Waals surface area contributed by atoms with Crippen molar-refractivity contribution in [2.75, 3.05) is 6.54 Å². The van der Waals surface area contributed by atoms with Crippen LogP contribution < -0.4 is 10.5 Å². The van der Waals surface area contributed by atoms with E-state index in [0.29, 0.717) is 6.04 Å². The molecule has 2 heterocycles. The Labute approximate surface area is 125 Å². The SMILES string of the molecule is CCc1ccc2oc(=O)cc(C[NH+]3CCCC[C@@H]3C)c2c1. The molecule has 0 spiro atoms. The summed E-state index contributed by atoms with van der Waals surface area (Å²) in [7, 11) is 0. The highest BCUT2D eigenvalue weighted by Crippen LogP contribution is 2.19. The maximum atomic E-state index is 11.8. The highest BCUT2D eigenvalue weighted by molar-refractivity contribution is 5.80. The molecule has 0 bridgehead atoms. The van der Waals surface area contributed by atoms with Crippen LogP contribution in [0, 0.1) is 0 Å². The summed E-state index contributed by atoms with van der Waals surface area (Å²) in [5.41, 5.74) is 2.92. The number of nitrogens with one attached hydrogen (secondary N) is 1. The molecule has 1 N–H and O–H groups in total. The van der Waals surface area contributed by atoms with E-state index < -0.39 is 0 Å². The van der Waals surface area contributed by atoms with Crippen LogP contribution in [-0.4, -0.2) is 12.6 Å². The fourth-order valence-electron chi connectivity index (χ4n) is 3.40. The summed E-state index contributed by atoms with van der Waals surface area (Å²) in [5, 5.41) is 1.11. The Morgan fingerprint density at radius 2 is 2.14 bits per heavy atom. The van der Waals surface area contributed by atoms with Gasteiger partial charge in [-0.05, 0) is 50.3 Å². The largest absolute Gasteiger partial charge is 0.423 e. The predicted molar refractivity (Wildman–Crippen MR) is 84.7 cm³/mol. The molecule has 2 aromatic rings. The van der Waals surface area contributed by atoms with Crippen molar-refractivity contribution in [3.8, 4) is 0 Å². The zero-order valence-electron chi connectivity index (χ0n) is 12.9. The van der Waals surface area contributed by atoms with Gasteiger partial charge in [-0.15, -0.1) is 0 Å². The summed E-state index contributed by atoms with van der Waals surface area (Å²) in [6.45, 7) is 6.60. The molecule has 1 aromatic heterocycles. The normalized spacial score (nSPS) is 22.6. The molecular formula is C18H24NO2+.